The van der Waals surface area contributed by atoms with Crippen molar-refractivity contribution in [3.8, 4) is 11.5 Å². The van der Waals surface area contributed by atoms with E-state index < -0.39 is 11.6 Å². The lowest BCUT2D eigenvalue weighted by Gasteiger charge is -2.20. The lowest BCUT2D eigenvalue weighted by molar-refractivity contribution is -0.147. The molecule has 4 nitrogen and oxygen atoms in total. The third-order valence-corrected chi connectivity index (χ3v) is 4.09. The number of hydrogen-bond donors (Lipinski definition) is 1. The number of carboxylic acids is 1. The van der Waals surface area contributed by atoms with Crippen molar-refractivity contribution in [2.75, 3.05) is 0 Å². The highest BCUT2D eigenvalue weighted by molar-refractivity contribution is 5.81. The van der Waals surface area contributed by atoms with Crippen LogP contribution in [0.4, 0.5) is 0 Å². The average Bonchev–Trinajstić information content (AvgIpc) is 3.01. The van der Waals surface area contributed by atoms with Crippen molar-refractivity contribution in [1.29, 1.82) is 0 Å². The van der Waals surface area contributed by atoms with Crippen LogP contribution in [0.25, 0.3) is 0 Å². The number of hydrogen-bond acceptors (Lipinski definition) is 3. The summed E-state index contributed by atoms with van der Waals surface area (Å²) in [6.07, 6.45) is 5.91. The van der Waals surface area contributed by atoms with E-state index in [0.29, 0.717) is 24.3 Å². The van der Waals surface area contributed by atoms with Crippen molar-refractivity contribution in [1.82, 2.24) is 0 Å². The summed E-state index contributed by atoms with van der Waals surface area (Å²) in [5.74, 6) is 0.359. The summed E-state index contributed by atoms with van der Waals surface area (Å²) in [5.41, 5.74) is 0.0154. The van der Waals surface area contributed by atoms with Crippen LogP contribution < -0.4 is 9.47 Å². The van der Waals surface area contributed by atoms with Gasteiger partial charge in [0.2, 0.25) is 5.60 Å². The van der Waals surface area contributed by atoms with Gasteiger partial charge in [-0.05, 0) is 50.3 Å². The fraction of sp³-hybridized carbons (Fsp3) is 0.562. The molecule has 0 aromatic heterocycles. The molecule has 3 rings (SSSR count). The number of carbonyl (C=O) groups is 1. The quantitative estimate of drug-likeness (QED) is 0.896. The van der Waals surface area contributed by atoms with Crippen LogP contribution in [-0.2, 0) is 4.79 Å². The molecular formula is C16H20O4. The Morgan fingerprint density at radius 2 is 1.95 bits per heavy atom. The molecule has 2 saturated carbocycles. The van der Waals surface area contributed by atoms with Crippen molar-refractivity contribution in [3.63, 3.8) is 0 Å². The third-order valence-electron chi connectivity index (χ3n) is 4.09. The summed E-state index contributed by atoms with van der Waals surface area (Å²) < 4.78 is 11.8. The van der Waals surface area contributed by atoms with Gasteiger partial charge in [-0.15, -0.1) is 0 Å². The van der Waals surface area contributed by atoms with E-state index in [2.05, 4.69) is 0 Å². The number of benzene rings is 1. The number of rotatable bonds is 5. The largest absolute Gasteiger partial charge is 0.487 e. The summed E-state index contributed by atoms with van der Waals surface area (Å²) in [6, 6.07) is 5.73. The molecule has 108 valence electrons. The number of ether oxygens (including phenoxy) is 2. The predicted octanol–water partition coefficient (Wildman–Crippen LogP) is 3.31. The minimum Gasteiger partial charge on any atom is -0.487 e. The van der Waals surface area contributed by atoms with E-state index in [-0.39, 0.29) is 6.10 Å². The highest BCUT2D eigenvalue weighted by Gasteiger charge is 2.54. The summed E-state index contributed by atoms with van der Waals surface area (Å²) in [4.78, 5) is 11.3. The molecule has 1 N–H and O–H groups in total. The van der Waals surface area contributed by atoms with Crippen LogP contribution >= 0.6 is 0 Å². The number of carboxylic acid groups (broad SMARTS) is 1. The first-order valence-electron chi connectivity index (χ1n) is 7.29. The molecular weight excluding hydrogens is 256 g/mol. The maximum Gasteiger partial charge on any atom is 0.348 e. The van der Waals surface area contributed by atoms with E-state index >= 15 is 0 Å². The Bertz CT molecular complexity index is 513. The van der Waals surface area contributed by atoms with Gasteiger partial charge in [-0.25, -0.2) is 4.79 Å². The summed E-state index contributed by atoms with van der Waals surface area (Å²) in [5, 5.41) is 9.24. The van der Waals surface area contributed by atoms with Crippen LogP contribution in [0, 0.1) is 6.92 Å². The second kappa shape index (κ2) is 5.00. The molecule has 0 unspecified atom stereocenters. The Labute approximate surface area is 118 Å². The van der Waals surface area contributed by atoms with Gasteiger partial charge in [0.1, 0.15) is 0 Å². The zero-order valence-electron chi connectivity index (χ0n) is 11.7. The molecule has 0 amide bonds. The zero-order valence-corrected chi connectivity index (χ0v) is 11.7. The first-order valence-corrected chi connectivity index (χ1v) is 7.29. The maximum absolute atomic E-state index is 11.3. The second-order valence-corrected chi connectivity index (χ2v) is 5.88. The molecule has 0 aliphatic heterocycles. The molecule has 2 fully saturated rings. The summed E-state index contributed by atoms with van der Waals surface area (Å²) in [7, 11) is 0. The molecule has 0 radical (unpaired) electrons. The van der Waals surface area contributed by atoms with E-state index in [4.69, 9.17) is 9.47 Å². The van der Waals surface area contributed by atoms with Gasteiger partial charge in [-0.1, -0.05) is 6.07 Å². The van der Waals surface area contributed by atoms with E-state index in [1.54, 1.807) is 0 Å². The van der Waals surface area contributed by atoms with Crippen LogP contribution in [0.2, 0.25) is 0 Å². The van der Waals surface area contributed by atoms with Gasteiger partial charge in [-0.3, -0.25) is 0 Å². The average molecular weight is 276 g/mol. The van der Waals surface area contributed by atoms with Gasteiger partial charge in [-0.2, -0.15) is 0 Å². The van der Waals surface area contributed by atoms with Crippen molar-refractivity contribution in [2.24, 2.45) is 0 Å². The SMILES string of the molecule is Cc1ccc(OC2CCCC2)c(OC2(C(=O)O)CC2)c1. The number of aryl methyl sites for hydroxylation is 1. The van der Waals surface area contributed by atoms with Crippen LogP contribution in [0.1, 0.15) is 44.1 Å². The topological polar surface area (TPSA) is 55.8 Å². The smallest absolute Gasteiger partial charge is 0.348 e. The minimum absolute atomic E-state index is 0.236. The molecule has 0 spiro atoms. The Morgan fingerprint density at radius 3 is 2.55 bits per heavy atom. The van der Waals surface area contributed by atoms with Gasteiger partial charge >= 0.3 is 5.97 Å². The van der Waals surface area contributed by atoms with Crippen LogP contribution in [0.5, 0.6) is 11.5 Å². The highest BCUT2D eigenvalue weighted by atomic mass is 16.6. The molecule has 1 aromatic rings. The van der Waals surface area contributed by atoms with Gasteiger partial charge < -0.3 is 14.6 Å². The standard InChI is InChI=1S/C16H20O4/c1-11-6-7-13(19-12-4-2-3-5-12)14(10-11)20-16(8-9-16)15(17)18/h6-7,10,12H,2-5,8-9H2,1H3,(H,17,18). The normalized spacial score (nSPS) is 20.6. The van der Waals surface area contributed by atoms with Crippen LogP contribution in [-0.4, -0.2) is 22.8 Å². The first-order chi connectivity index (χ1) is 9.59. The molecule has 0 atom stereocenters. The number of aliphatic carboxylic acids is 1. The van der Waals surface area contributed by atoms with Gasteiger partial charge in [0, 0.05) is 12.8 Å². The lowest BCUT2D eigenvalue weighted by Crippen LogP contribution is -2.29. The van der Waals surface area contributed by atoms with Crippen LogP contribution in [0.3, 0.4) is 0 Å². The second-order valence-electron chi connectivity index (χ2n) is 5.88. The Balaban J connectivity index is 1.80. The summed E-state index contributed by atoms with van der Waals surface area (Å²) >= 11 is 0. The molecule has 2 aliphatic rings. The predicted molar refractivity (Wildman–Crippen MR) is 74.3 cm³/mol. The molecule has 20 heavy (non-hydrogen) atoms. The van der Waals surface area contributed by atoms with Crippen molar-refractivity contribution < 1.29 is 19.4 Å². The van der Waals surface area contributed by atoms with Crippen molar-refractivity contribution >= 4 is 5.97 Å². The van der Waals surface area contributed by atoms with E-state index in [9.17, 15) is 9.90 Å². The minimum atomic E-state index is -1.03. The monoisotopic (exact) mass is 276 g/mol. The third kappa shape index (κ3) is 2.60. The maximum atomic E-state index is 11.3. The fourth-order valence-electron chi connectivity index (χ4n) is 2.66. The first kappa shape index (κ1) is 13.3. The van der Waals surface area contributed by atoms with Gasteiger partial charge in [0.25, 0.3) is 0 Å². The van der Waals surface area contributed by atoms with Gasteiger partial charge in [0.05, 0.1) is 6.10 Å². The van der Waals surface area contributed by atoms with Crippen molar-refractivity contribution in [3.05, 3.63) is 23.8 Å². The molecule has 1 aromatic carbocycles. The molecule has 4 heteroatoms. The molecule has 0 bridgehead atoms. The summed E-state index contributed by atoms with van der Waals surface area (Å²) in [6.45, 7) is 1.96. The van der Waals surface area contributed by atoms with E-state index in [0.717, 1.165) is 18.4 Å². The fourth-order valence-corrected chi connectivity index (χ4v) is 2.66. The Hall–Kier alpha value is -1.71. The van der Waals surface area contributed by atoms with E-state index in [1.165, 1.54) is 12.8 Å². The Kier molecular flexibility index (Phi) is 3.32. The molecule has 0 saturated heterocycles. The molecule has 0 heterocycles. The van der Waals surface area contributed by atoms with Crippen molar-refractivity contribution in [2.45, 2.75) is 57.2 Å². The zero-order chi connectivity index (χ0) is 14.2. The lowest BCUT2D eigenvalue weighted by atomic mass is 10.2. The highest BCUT2D eigenvalue weighted by Crippen LogP contribution is 2.44. The van der Waals surface area contributed by atoms with Crippen LogP contribution in [0.15, 0.2) is 18.2 Å². The molecule has 2 aliphatic carbocycles. The van der Waals surface area contributed by atoms with E-state index in [1.807, 2.05) is 25.1 Å². The van der Waals surface area contributed by atoms with Gasteiger partial charge in [0.15, 0.2) is 11.5 Å². The Morgan fingerprint density at radius 1 is 1.25 bits per heavy atom.